The average Bonchev–Trinajstić information content (AvgIpc) is 2.41. The lowest BCUT2D eigenvalue weighted by molar-refractivity contribution is 0.0716. The Kier molecular flexibility index (Phi) is 5.10. The molecule has 5 heteroatoms. The van der Waals surface area contributed by atoms with Crippen LogP contribution in [0.25, 0.3) is 0 Å². The Labute approximate surface area is 132 Å². The smallest absolute Gasteiger partial charge is 0.252 e. The summed E-state index contributed by atoms with van der Waals surface area (Å²) in [7, 11) is 0. The quantitative estimate of drug-likeness (QED) is 0.862. The first kappa shape index (κ1) is 15.8. The lowest BCUT2D eigenvalue weighted by Gasteiger charge is -2.38. The van der Waals surface area contributed by atoms with E-state index in [-0.39, 0.29) is 12.5 Å². The maximum Gasteiger partial charge on any atom is 0.252 e. The van der Waals surface area contributed by atoms with Gasteiger partial charge in [0.2, 0.25) is 0 Å². The Balaban J connectivity index is 2.13. The molecule has 1 aliphatic carbocycles. The molecule has 1 aromatic carbocycles. The van der Waals surface area contributed by atoms with Crippen LogP contribution in [0.15, 0.2) is 22.7 Å². The molecule has 3 nitrogen and oxygen atoms in total. The molecule has 0 aromatic heterocycles. The zero-order chi connectivity index (χ0) is 14.8. The fourth-order valence-electron chi connectivity index (χ4n) is 2.62. The highest BCUT2D eigenvalue weighted by atomic mass is 79.9. The van der Waals surface area contributed by atoms with E-state index in [1.807, 2.05) is 0 Å². The van der Waals surface area contributed by atoms with E-state index in [1.54, 1.807) is 18.2 Å². The van der Waals surface area contributed by atoms with Crippen molar-refractivity contribution in [2.75, 3.05) is 6.61 Å². The lowest BCUT2D eigenvalue weighted by Crippen LogP contribution is -2.53. The zero-order valence-corrected chi connectivity index (χ0v) is 13.8. The van der Waals surface area contributed by atoms with Crippen LogP contribution in [-0.4, -0.2) is 23.2 Å². The minimum atomic E-state index is -0.483. The van der Waals surface area contributed by atoms with Gasteiger partial charge in [0, 0.05) is 9.50 Å². The Morgan fingerprint density at radius 2 is 2.15 bits per heavy atom. The number of nitrogens with one attached hydrogen (secondary N) is 1. The van der Waals surface area contributed by atoms with E-state index in [0.717, 1.165) is 25.7 Å². The summed E-state index contributed by atoms with van der Waals surface area (Å²) in [6.07, 6.45) is 3.70. The van der Waals surface area contributed by atoms with Gasteiger partial charge in [-0.2, -0.15) is 0 Å². The number of hydrogen-bond acceptors (Lipinski definition) is 2. The molecule has 110 valence electrons. The third-order valence-electron chi connectivity index (χ3n) is 4.09. The molecule has 0 unspecified atom stereocenters. The number of aliphatic hydroxyl groups is 1. The van der Waals surface area contributed by atoms with Crippen LogP contribution in [0.1, 0.15) is 43.0 Å². The molecular weight excluding hydrogens is 342 g/mol. The minimum Gasteiger partial charge on any atom is -0.394 e. The number of benzene rings is 1. The molecule has 1 aliphatic rings. The molecule has 1 amide bonds. The van der Waals surface area contributed by atoms with E-state index >= 15 is 0 Å². The van der Waals surface area contributed by atoms with Gasteiger partial charge in [-0.25, -0.2) is 0 Å². The number of halogens is 2. The van der Waals surface area contributed by atoms with Crippen molar-refractivity contribution in [1.29, 1.82) is 0 Å². The summed E-state index contributed by atoms with van der Waals surface area (Å²) in [5.74, 6) is 0.492. The number of carbonyl (C=O) groups is 1. The number of rotatable bonds is 3. The van der Waals surface area contributed by atoms with Crippen molar-refractivity contribution in [2.45, 2.75) is 38.1 Å². The Morgan fingerprint density at radius 3 is 2.70 bits per heavy atom. The highest BCUT2D eigenvalue weighted by molar-refractivity contribution is 9.10. The number of aliphatic hydroxyl groups excluding tert-OH is 1. The summed E-state index contributed by atoms with van der Waals surface area (Å²) in [4.78, 5) is 12.4. The lowest BCUT2D eigenvalue weighted by atomic mass is 9.77. The van der Waals surface area contributed by atoms with E-state index in [4.69, 9.17) is 11.6 Å². The van der Waals surface area contributed by atoms with Gasteiger partial charge in [-0.3, -0.25) is 4.79 Å². The summed E-state index contributed by atoms with van der Waals surface area (Å²) < 4.78 is 0.666. The van der Waals surface area contributed by atoms with Crippen molar-refractivity contribution in [3.63, 3.8) is 0 Å². The van der Waals surface area contributed by atoms with Gasteiger partial charge in [-0.05, 0) is 65.7 Å². The maximum absolute atomic E-state index is 12.4. The highest BCUT2D eigenvalue weighted by Crippen LogP contribution is 2.32. The van der Waals surface area contributed by atoms with E-state index in [2.05, 4.69) is 28.2 Å². The summed E-state index contributed by atoms with van der Waals surface area (Å²) in [5, 5.41) is 13.3. The number of amides is 1. The molecule has 0 saturated heterocycles. The van der Waals surface area contributed by atoms with Crippen molar-refractivity contribution in [3.05, 3.63) is 33.3 Å². The van der Waals surface area contributed by atoms with Gasteiger partial charge in [0.15, 0.2) is 0 Å². The fourth-order valence-corrected chi connectivity index (χ4v) is 3.48. The van der Waals surface area contributed by atoms with E-state index in [0.29, 0.717) is 21.0 Å². The van der Waals surface area contributed by atoms with Crippen LogP contribution in [0.2, 0.25) is 5.02 Å². The minimum absolute atomic E-state index is 0.0172. The monoisotopic (exact) mass is 359 g/mol. The third kappa shape index (κ3) is 3.54. The van der Waals surface area contributed by atoms with Crippen molar-refractivity contribution in [3.8, 4) is 0 Å². The summed E-state index contributed by atoms with van der Waals surface area (Å²) in [6, 6.07) is 5.08. The molecule has 0 radical (unpaired) electrons. The SMILES string of the molecule is CC1CCC(CO)(NC(=O)c2ccc(Cl)cc2Br)CC1. The van der Waals surface area contributed by atoms with Crippen LogP contribution >= 0.6 is 27.5 Å². The molecule has 1 fully saturated rings. The molecule has 0 heterocycles. The van der Waals surface area contributed by atoms with Crippen LogP contribution in [-0.2, 0) is 0 Å². The predicted molar refractivity (Wildman–Crippen MR) is 84.1 cm³/mol. The second-order valence-electron chi connectivity index (χ2n) is 5.70. The van der Waals surface area contributed by atoms with Gasteiger partial charge in [0.25, 0.3) is 5.91 Å². The standard InChI is InChI=1S/C15H19BrClNO2/c1-10-4-6-15(9-19,7-5-10)18-14(20)12-3-2-11(17)8-13(12)16/h2-3,8,10,19H,4-7,9H2,1H3,(H,18,20). The molecule has 0 atom stereocenters. The largest absolute Gasteiger partial charge is 0.394 e. The van der Waals surface area contributed by atoms with Gasteiger partial charge >= 0.3 is 0 Å². The van der Waals surface area contributed by atoms with Crippen LogP contribution in [0, 0.1) is 5.92 Å². The molecule has 0 bridgehead atoms. The van der Waals surface area contributed by atoms with Crippen LogP contribution < -0.4 is 5.32 Å². The van der Waals surface area contributed by atoms with Gasteiger partial charge in [0.05, 0.1) is 17.7 Å². The fraction of sp³-hybridized carbons (Fsp3) is 0.533. The Morgan fingerprint density at radius 1 is 1.50 bits per heavy atom. The van der Waals surface area contributed by atoms with Crippen molar-refractivity contribution in [1.82, 2.24) is 5.32 Å². The van der Waals surface area contributed by atoms with E-state index in [1.165, 1.54) is 0 Å². The number of hydrogen-bond donors (Lipinski definition) is 2. The maximum atomic E-state index is 12.4. The van der Waals surface area contributed by atoms with E-state index in [9.17, 15) is 9.90 Å². The molecule has 0 spiro atoms. The Bertz CT molecular complexity index is 499. The summed E-state index contributed by atoms with van der Waals surface area (Å²) in [6.45, 7) is 2.19. The topological polar surface area (TPSA) is 49.3 Å². The number of carbonyl (C=O) groups excluding carboxylic acids is 1. The molecule has 2 rings (SSSR count). The third-order valence-corrected chi connectivity index (χ3v) is 4.98. The first-order valence-corrected chi connectivity index (χ1v) is 8.01. The molecule has 2 N–H and O–H groups in total. The van der Waals surface area contributed by atoms with Crippen molar-refractivity contribution >= 4 is 33.4 Å². The normalized spacial score (nSPS) is 26.3. The van der Waals surface area contributed by atoms with Gasteiger partial charge in [0.1, 0.15) is 0 Å². The van der Waals surface area contributed by atoms with Gasteiger partial charge < -0.3 is 10.4 Å². The molecule has 20 heavy (non-hydrogen) atoms. The van der Waals surface area contributed by atoms with Crippen LogP contribution in [0.5, 0.6) is 0 Å². The van der Waals surface area contributed by atoms with Crippen LogP contribution in [0.3, 0.4) is 0 Å². The summed E-state index contributed by atoms with van der Waals surface area (Å²) >= 11 is 9.24. The second kappa shape index (κ2) is 6.46. The van der Waals surface area contributed by atoms with E-state index < -0.39 is 5.54 Å². The van der Waals surface area contributed by atoms with Crippen LogP contribution in [0.4, 0.5) is 0 Å². The molecular formula is C15H19BrClNO2. The molecule has 1 aromatic rings. The second-order valence-corrected chi connectivity index (χ2v) is 6.99. The zero-order valence-electron chi connectivity index (χ0n) is 11.5. The molecule has 1 saturated carbocycles. The predicted octanol–water partition coefficient (Wildman–Crippen LogP) is 3.77. The Hall–Kier alpha value is -0.580. The average molecular weight is 361 g/mol. The highest BCUT2D eigenvalue weighted by Gasteiger charge is 2.35. The van der Waals surface area contributed by atoms with Gasteiger partial charge in [-0.1, -0.05) is 18.5 Å². The summed E-state index contributed by atoms with van der Waals surface area (Å²) in [5.41, 5.74) is 0.0590. The van der Waals surface area contributed by atoms with Crippen molar-refractivity contribution in [2.24, 2.45) is 5.92 Å². The first-order chi connectivity index (χ1) is 9.46. The van der Waals surface area contributed by atoms with Gasteiger partial charge in [-0.15, -0.1) is 0 Å². The molecule has 0 aliphatic heterocycles. The first-order valence-electron chi connectivity index (χ1n) is 6.84. The van der Waals surface area contributed by atoms with Crippen molar-refractivity contribution < 1.29 is 9.90 Å².